The number of nitrogens with one attached hydrogen (secondary N) is 2. The summed E-state index contributed by atoms with van der Waals surface area (Å²) in [5.41, 5.74) is 5.45. The second-order valence-corrected chi connectivity index (χ2v) is 6.11. The average molecular weight is 381 g/mol. The SMILES string of the molecule is COc1cc(/C=N/NC(=O)CCc2c[nH]c3ccccc23)cc(OC)c1OC. The lowest BCUT2D eigenvalue weighted by atomic mass is 10.1. The fraction of sp³-hybridized carbons (Fsp3) is 0.238. The molecular weight excluding hydrogens is 358 g/mol. The zero-order valence-corrected chi connectivity index (χ0v) is 16.1. The minimum absolute atomic E-state index is 0.158. The van der Waals surface area contributed by atoms with Gasteiger partial charge in [0, 0.05) is 29.1 Å². The van der Waals surface area contributed by atoms with Gasteiger partial charge < -0.3 is 19.2 Å². The van der Waals surface area contributed by atoms with E-state index in [9.17, 15) is 4.79 Å². The molecule has 0 spiro atoms. The van der Waals surface area contributed by atoms with Crippen LogP contribution in [0.15, 0.2) is 47.7 Å². The van der Waals surface area contributed by atoms with E-state index in [1.54, 1.807) is 33.5 Å². The molecule has 0 atom stereocenters. The van der Waals surface area contributed by atoms with E-state index in [-0.39, 0.29) is 5.91 Å². The predicted molar refractivity (Wildman–Crippen MR) is 108 cm³/mol. The van der Waals surface area contributed by atoms with Crippen LogP contribution < -0.4 is 19.6 Å². The lowest BCUT2D eigenvalue weighted by Gasteiger charge is -2.12. The number of nitrogens with zero attached hydrogens (tertiary/aromatic N) is 1. The standard InChI is InChI=1S/C21H23N3O4/c1-26-18-10-14(11-19(27-2)21(18)28-3)12-23-24-20(25)9-8-15-13-22-17-7-5-4-6-16(15)17/h4-7,10-13,22H,8-9H2,1-3H3,(H,24,25)/b23-12+. The molecule has 0 aliphatic heterocycles. The van der Waals surface area contributed by atoms with Crippen molar-refractivity contribution < 1.29 is 19.0 Å². The Bertz CT molecular complexity index is 969. The number of carbonyl (C=O) groups excluding carboxylic acids is 1. The highest BCUT2D eigenvalue weighted by Gasteiger charge is 2.12. The molecule has 0 unspecified atom stereocenters. The summed E-state index contributed by atoms with van der Waals surface area (Å²) in [6, 6.07) is 11.5. The van der Waals surface area contributed by atoms with Gasteiger partial charge in [-0.05, 0) is 30.2 Å². The maximum absolute atomic E-state index is 12.1. The minimum Gasteiger partial charge on any atom is -0.493 e. The van der Waals surface area contributed by atoms with E-state index in [4.69, 9.17) is 14.2 Å². The number of carbonyl (C=O) groups is 1. The Kier molecular flexibility index (Phi) is 6.16. The number of hydrogen-bond acceptors (Lipinski definition) is 5. The highest BCUT2D eigenvalue weighted by atomic mass is 16.5. The van der Waals surface area contributed by atoms with Gasteiger partial charge in [-0.25, -0.2) is 5.43 Å². The minimum atomic E-state index is -0.158. The van der Waals surface area contributed by atoms with Gasteiger partial charge in [-0.2, -0.15) is 5.10 Å². The first-order valence-corrected chi connectivity index (χ1v) is 8.83. The molecule has 0 saturated heterocycles. The van der Waals surface area contributed by atoms with Crippen molar-refractivity contribution in [2.24, 2.45) is 5.10 Å². The van der Waals surface area contributed by atoms with Gasteiger partial charge in [0.2, 0.25) is 11.7 Å². The molecule has 7 nitrogen and oxygen atoms in total. The zero-order valence-electron chi connectivity index (χ0n) is 16.1. The van der Waals surface area contributed by atoms with E-state index >= 15 is 0 Å². The van der Waals surface area contributed by atoms with E-state index in [1.807, 2.05) is 30.5 Å². The topological polar surface area (TPSA) is 84.9 Å². The maximum atomic E-state index is 12.1. The third kappa shape index (κ3) is 4.25. The van der Waals surface area contributed by atoms with Crippen LogP contribution in [0.5, 0.6) is 17.2 Å². The fourth-order valence-electron chi connectivity index (χ4n) is 3.00. The summed E-state index contributed by atoms with van der Waals surface area (Å²) in [6.45, 7) is 0. The van der Waals surface area contributed by atoms with Crippen LogP contribution in [0.2, 0.25) is 0 Å². The first kappa shape index (κ1) is 19.3. The van der Waals surface area contributed by atoms with Crippen LogP contribution in [0, 0.1) is 0 Å². The number of ether oxygens (including phenoxy) is 3. The Morgan fingerprint density at radius 1 is 1.11 bits per heavy atom. The summed E-state index contributed by atoms with van der Waals surface area (Å²) in [5, 5.41) is 5.16. The van der Waals surface area contributed by atoms with Crippen LogP contribution in [0.25, 0.3) is 10.9 Å². The number of H-pyrrole nitrogens is 1. The zero-order chi connectivity index (χ0) is 19.9. The van der Waals surface area contributed by atoms with Gasteiger partial charge in [0.1, 0.15) is 0 Å². The number of aromatic nitrogens is 1. The molecule has 1 heterocycles. The highest BCUT2D eigenvalue weighted by molar-refractivity contribution is 5.86. The summed E-state index contributed by atoms with van der Waals surface area (Å²) in [6.07, 6.45) is 4.45. The van der Waals surface area contributed by atoms with Crippen LogP contribution in [0.3, 0.4) is 0 Å². The third-order valence-electron chi connectivity index (χ3n) is 4.39. The number of para-hydroxylation sites is 1. The molecule has 0 fully saturated rings. The molecule has 0 aliphatic carbocycles. The second-order valence-electron chi connectivity index (χ2n) is 6.11. The largest absolute Gasteiger partial charge is 0.493 e. The molecule has 1 amide bonds. The summed E-state index contributed by atoms with van der Waals surface area (Å²) in [4.78, 5) is 15.3. The van der Waals surface area contributed by atoms with Crippen molar-refractivity contribution in [3.8, 4) is 17.2 Å². The molecule has 2 N–H and O–H groups in total. The lowest BCUT2D eigenvalue weighted by Crippen LogP contribution is -2.17. The van der Waals surface area contributed by atoms with Gasteiger partial charge >= 0.3 is 0 Å². The van der Waals surface area contributed by atoms with E-state index < -0.39 is 0 Å². The second kappa shape index (κ2) is 8.94. The number of amides is 1. The van der Waals surface area contributed by atoms with Crippen molar-refractivity contribution in [2.75, 3.05) is 21.3 Å². The van der Waals surface area contributed by atoms with E-state index in [0.29, 0.717) is 35.7 Å². The number of aryl methyl sites for hydroxylation is 1. The molecule has 3 rings (SSSR count). The van der Waals surface area contributed by atoms with Crippen LogP contribution >= 0.6 is 0 Å². The highest BCUT2D eigenvalue weighted by Crippen LogP contribution is 2.37. The quantitative estimate of drug-likeness (QED) is 0.463. The van der Waals surface area contributed by atoms with Crippen molar-refractivity contribution in [1.29, 1.82) is 0 Å². The van der Waals surface area contributed by atoms with Crippen LogP contribution in [0.1, 0.15) is 17.5 Å². The van der Waals surface area contributed by atoms with Crippen LogP contribution in [-0.4, -0.2) is 38.4 Å². The van der Waals surface area contributed by atoms with Crippen molar-refractivity contribution in [2.45, 2.75) is 12.8 Å². The van der Waals surface area contributed by atoms with Gasteiger partial charge in [-0.15, -0.1) is 0 Å². The molecule has 0 aliphatic rings. The number of aromatic amines is 1. The first-order chi connectivity index (χ1) is 13.7. The third-order valence-corrected chi connectivity index (χ3v) is 4.39. The van der Waals surface area contributed by atoms with Crippen LogP contribution in [0.4, 0.5) is 0 Å². The smallest absolute Gasteiger partial charge is 0.240 e. The maximum Gasteiger partial charge on any atom is 0.240 e. The van der Waals surface area contributed by atoms with Gasteiger partial charge in [-0.1, -0.05) is 18.2 Å². The summed E-state index contributed by atoms with van der Waals surface area (Å²) in [5.74, 6) is 1.39. The molecule has 3 aromatic rings. The molecular formula is C21H23N3O4. The van der Waals surface area contributed by atoms with Crippen molar-refractivity contribution in [1.82, 2.24) is 10.4 Å². The molecule has 0 bridgehead atoms. The Morgan fingerprint density at radius 2 is 1.82 bits per heavy atom. The first-order valence-electron chi connectivity index (χ1n) is 8.83. The van der Waals surface area contributed by atoms with Gasteiger partial charge in [0.05, 0.1) is 27.5 Å². The fourth-order valence-corrected chi connectivity index (χ4v) is 3.00. The lowest BCUT2D eigenvalue weighted by molar-refractivity contribution is -0.121. The number of hydrogen-bond donors (Lipinski definition) is 2. The molecule has 2 aromatic carbocycles. The molecule has 146 valence electrons. The monoisotopic (exact) mass is 381 g/mol. The molecule has 28 heavy (non-hydrogen) atoms. The van der Waals surface area contributed by atoms with Gasteiger partial charge in [-0.3, -0.25) is 4.79 Å². The van der Waals surface area contributed by atoms with E-state index in [1.165, 1.54) is 6.21 Å². The molecule has 7 heteroatoms. The number of fused-ring (bicyclic) bond motifs is 1. The van der Waals surface area contributed by atoms with E-state index in [0.717, 1.165) is 16.5 Å². The normalized spacial score (nSPS) is 11.0. The predicted octanol–water partition coefficient (Wildman–Crippen LogP) is 3.28. The van der Waals surface area contributed by atoms with Crippen molar-refractivity contribution >= 4 is 23.0 Å². The summed E-state index contributed by atoms with van der Waals surface area (Å²) in [7, 11) is 4.64. The van der Waals surface area contributed by atoms with Gasteiger partial charge in [0.25, 0.3) is 0 Å². The molecule has 1 aromatic heterocycles. The van der Waals surface area contributed by atoms with Gasteiger partial charge in [0.15, 0.2) is 11.5 Å². The Balaban J connectivity index is 1.60. The number of hydrazone groups is 1. The van der Waals surface area contributed by atoms with Crippen molar-refractivity contribution in [3.05, 3.63) is 53.7 Å². The summed E-state index contributed by atoms with van der Waals surface area (Å²) < 4.78 is 15.9. The number of benzene rings is 2. The Morgan fingerprint density at radius 3 is 2.50 bits per heavy atom. The molecule has 0 radical (unpaired) electrons. The molecule has 0 saturated carbocycles. The Hall–Kier alpha value is -3.48. The van der Waals surface area contributed by atoms with Crippen molar-refractivity contribution in [3.63, 3.8) is 0 Å². The van der Waals surface area contributed by atoms with Crippen LogP contribution in [-0.2, 0) is 11.2 Å². The number of methoxy groups -OCH3 is 3. The Labute approximate surface area is 163 Å². The summed E-state index contributed by atoms with van der Waals surface area (Å²) >= 11 is 0. The van der Waals surface area contributed by atoms with E-state index in [2.05, 4.69) is 15.5 Å². The average Bonchev–Trinajstić information content (AvgIpc) is 3.14. The number of rotatable bonds is 8.